The van der Waals surface area contributed by atoms with Crippen molar-refractivity contribution in [3.8, 4) is 0 Å². The number of carbonyl (C=O) groups is 2. The van der Waals surface area contributed by atoms with Crippen molar-refractivity contribution >= 4 is 23.1 Å². The van der Waals surface area contributed by atoms with Gasteiger partial charge in [-0.05, 0) is 55.9 Å². The summed E-state index contributed by atoms with van der Waals surface area (Å²) in [4.78, 5) is 27.3. The molecule has 5 heteroatoms. The van der Waals surface area contributed by atoms with Crippen molar-refractivity contribution in [2.45, 2.75) is 71.3 Å². The topological polar surface area (TPSA) is 55.4 Å². The van der Waals surface area contributed by atoms with Crippen molar-refractivity contribution in [3.05, 3.63) is 44.9 Å². The lowest BCUT2D eigenvalue weighted by Crippen LogP contribution is -2.38. The first kappa shape index (κ1) is 18.5. The lowest BCUT2D eigenvalue weighted by Gasteiger charge is -2.39. The molecule has 0 radical (unpaired) electrons. The highest BCUT2D eigenvalue weighted by Crippen LogP contribution is 2.47. The van der Waals surface area contributed by atoms with Gasteiger partial charge in [-0.2, -0.15) is 0 Å². The number of nitrogens with one attached hydrogen (secondary N) is 1. The smallest absolute Gasteiger partial charge is 0.337 e. The summed E-state index contributed by atoms with van der Waals surface area (Å²) in [5, 5.41) is 5.40. The Hall–Kier alpha value is -1.88. The minimum absolute atomic E-state index is 0.0122. The van der Waals surface area contributed by atoms with Crippen LogP contribution in [0.25, 0.3) is 0 Å². The van der Waals surface area contributed by atoms with Gasteiger partial charge in [0.15, 0.2) is 5.78 Å². The number of allylic oxidation sites excluding steroid dienone is 3. The average molecular weight is 386 g/mol. The lowest BCUT2D eigenvalue weighted by molar-refractivity contribution is -0.144. The van der Waals surface area contributed by atoms with Gasteiger partial charge in [-0.3, -0.25) is 4.79 Å². The van der Waals surface area contributed by atoms with Crippen molar-refractivity contribution in [3.63, 3.8) is 0 Å². The molecule has 0 spiro atoms. The van der Waals surface area contributed by atoms with Crippen LogP contribution in [0.15, 0.2) is 40.1 Å². The van der Waals surface area contributed by atoms with E-state index >= 15 is 0 Å². The third-order valence-corrected chi connectivity index (χ3v) is 6.80. The molecule has 1 aromatic heterocycles. The number of Topliss-reactive ketones (excluding diaryl/α,β-unsaturated/α-hetero) is 1. The monoisotopic (exact) mass is 385 g/mol. The molecule has 1 atom stereocenters. The van der Waals surface area contributed by atoms with Crippen LogP contribution >= 0.6 is 11.3 Å². The number of dihydropyridines is 1. The first-order valence-corrected chi connectivity index (χ1v) is 10.7. The van der Waals surface area contributed by atoms with E-state index in [4.69, 9.17) is 4.74 Å². The molecular formula is C22H27NO3S. The van der Waals surface area contributed by atoms with Gasteiger partial charge in [0.1, 0.15) is 6.10 Å². The largest absolute Gasteiger partial charge is 0.459 e. The second-order valence-electron chi connectivity index (χ2n) is 8.76. The van der Waals surface area contributed by atoms with Gasteiger partial charge in [0, 0.05) is 28.3 Å². The van der Waals surface area contributed by atoms with Gasteiger partial charge in [0.2, 0.25) is 0 Å². The van der Waals surface area contributed by atoms with Crippen LogP contribution in [0.5, 0.6) is 0 Å². The van der Waals surface area contributed by atoms with E-state index in [0.717, 1.165) is 53.9 Å². The predicted octanol–water partition coefficient (Wildman–Crippen LogP) is 4.84. The number of thiophene rings is 1. The summed E-state index contributed by atoms with van der Waals surface area (Å²) in [7, 11) is 0. The summed E-state index contributed by atoms with van der Waals surface area (Å²) < 4.78 is 5.84. The Morgan fingerprint density at radius 3 is 2.67 bits per heavy atom. The van der Waals surface area contributed by atoms with Crippen molar-refractivity contribution in [2.75, 3.05) is 0 Å². The maximum absolute atomic E-state index is 13.1. The highest BCUT2D eigenvalue weighted by atomic mass is 32.1. The molecule has 4 nitrogen and oxygen atoms in total. The molecule has 4 rings (SSSR count). The molecule has 1 aromatic rings. The lowest BCUT2D eigenvalue weighted by atomic mass is 9.70. The molecule has 0 bridgehead atoms. The quantitative estimate of drug-likeness (QED) is 0.757. The fraction of sp³-hybridized carbons (Fsp3) is 0.545. The van der Waals surface area contributed by atoms with Crippen LogP contribution in [0, 0.1) is 5.41 Å². The van der Waals surface area contributed by atoms with Gasteiger partial charge in [-0.15, -0.1) is 11.3 Å². The summed E-state index contributed by atoms with van der Waals surface area (Å²) in [6.45, 7) is 6.18. The van der Waals surface area contributed by atoms with Crippen molar-refractivity contribution in [2.24, 2.45) is 5.41 Å². The first-order valence-electron chi connectivity index (χ1n) is 9.84. The van der Waals surface area contributed by atoms with E-state index in [-0.39, 0.29) is 29.2 Å². The molecule has 0 unspecified atom stereocenters. The molecule has 0 amide bonds. The molecule has 2 heterocycles. The summed E-state index contributed by atoms with van der Waals surface area (Å²) >= 11 is 1.60. The van der Waals surface area contributed by atoms with E-state index in [2.05, 4.69) is 19.2 Å². The van der Waals surface area contributed by atoms with Gasteiger partial charge in [-0.25, -0.2) is 4.79 Å². The Kier molecular flexibility index (Phi) is 4.75. The van der Waals surface area contributed by atoms with Crippen LogP contribution in [0.1, 0.15) is 70.1 Å². The third-order valence-electron chi connectivity index (χ3n) is 5.86. The van der Waals surface area contributed by atoms with Crippen molar-refractivity contribution in [1.82, 2.24) is 5.32 Å². The highest BCUT2D eigenvalue weighted by Gasteiger charge is 2.43. The molecule has 144 valence electrons. The van der Waals surface area contributed by atoms with E-state index in [0.29, 0.717) is 12.0 Å². The molecule has 3 aliphatic rings. The fourth-order valence-corrected chi connectivity index (χ4v) is 5.51. The molecular weight excluding hydrogens is 358 g/mol. The van der Waals surface area contributed by atoms with E-state index < -0.39 is 0 Å². The number of ketones is 1. The Morgan fingerprint density at radius 2 is 2.00 bits per heavy atom. The molecule has 1 fully saturated rings. The average Bonchev–Trinajstić information content (AvgIpc) is 3.25. The summed E-state index contributed by atoms with van der Waals surface area (Å²) in [5.41, 5.74) is 3.10. The van der Waals surface area contributed by atoms with Gasteiger partial charge in [0.25, 0.3) is 0 Å². The SMILES string of the molecule is CC1=C(C(=O)OC2CCCC2)[C@@H](c2cccs2)C2=C(CC(C)(C)CC2=O)N1. The normalized spacial score (nSPS) is 25.4. The number of hydrogen-bond donors (Lipinski definition) is 1. The zero-order chi connectivity index (χ0) is 19.2. The second-order valence-corrected chi connectivity index (χ2v) is 9.74. The van der Waals surface area contributed by atoms with Gasteiger partial charge in [0.05, 0.1) is 11.5 Å². The fourth-order valence-electron chi connectivity index (χ4n) is 4.67. The van der Waals surface area contributed by atoms with E-state index in [1.165, 1.54) is 0 Å². The number of hydrogen-bond acceptors (Lipinski definition) is 5. The maximum atomic E-state index is 13.1. The van der Waals surface area contributed by atoms with Gasteiger partial charge < -0.3 is 10.1 Å². The van der Waals surface area contributed by atoms with E-state index in [1.54, 1.807) is 11.3 Å². The molecule has 1 saturated carbocycles. The minimum Gasteiger partial charge on any atom is -0.459 e. The van der Waals surface area contributed by atoms with Gasteiger partial charge >= 0.3 is 5.97 Å². The van der Waals surface area contributed by atoms with Crippen LogP contribution in [-0.4, -0.2) is 17.9 Å². The van der Waals surface area contributed by atoms with Gasteiger partial charge in [-0.1, -0.05) is 19.9 Å². The number of rotatable bonds is 3. The molecule has 1 N–H and O–H groups in total. The van der Waals surface area contributed by atoms with Crippen LogP contribution in [0.3, 0.4) is 0 Å². The maximum Gasteiger partial charge on any atom is 0.337 e. The van der Waals surface area contributed by atoms with Crippen LogP contribution in [-0.2, 0) is 14.3 Å². The van der Waals surface area contributed by atoms with Crippen LogP contribution in [0.2, 0.25) is 0 Å². The minimum atomic E-state index is -0.307. The highest BCUT2D eigenvalue weighted by molar-refractivity contribution is 7.10. The molecule has 1 aliphatic heterocycles. The predicted molar refractivity (Wildman–Crippen MR) is 106 cm³/mol. The zero-order valence-corrected chi connectivity index (χ0v) is 17.1. The summed E-state index contributed by atoms with van der Waals surface area (Å²) in [6.07, 6.45) is 5.46. The zero-order valence-electron chi connectivity index (χ0n) is 16.3. The number of carbonyl (C=O) groups excluding carboxylic acids is 2. The van der Waals surface area contributed by atoms with E-state index in [1.807, 2.05) is 24.4 Å². The second kappa shape index (κ2) is 6.93. The Bertz CT molecular complexity index is 826. The third kappa shape index (κ3) is 3.49. The van der Waals surface area contributed by atoms with Crippen molar-refractivity contribution < 1.29 is 14.3 Å². The van der Waals surface area contributed by atoms with Crippen LogP contribution < -0.4 is 5.32 Å². The Morgan fingerprint density at radius 1 is 1.26 bits per heavy atom. The Labute approximate surface area is 164 Å². The molecule has 27 heavy (non-hydrogen) atoms. The van der Waals surface area contributed by atoms with Crippen molar-refractivity contribution in [1.29, 1.82) is 0 Å². The van der Waals surface area contributed by atoms with Crippen LogP contribution in [0.4, 0.5) is 0 Å². The summed E-state index contributed by atoms with van der Waals surface area (Å²) in [5.74, 6) is -0.431. The summed E-state index contributed by atoms with van der Waals surface area (Å²) in [6, 6.07) is 4.00. The number of esters is 1. The molecule has 2 aliphatic carbocycles. The Balaban J connectivity index is 1.74. The standard InChI is InChI=1S/C22H27NO3S/c1-13-18(21(25)26-14-7-4-5-8-14)20(17-9-6-10-27-17)19-15(23-13)11-22(2,3)12-16(19)24/h6,9-10,14,20,23H,4-5,7-8,11-12H2,1-3H3/t20-/m1/s1. The number of ether oxygens (including phenoxy) is 1. The first-order chi connectivity index (χ1) is 12.9. The van der Waals surface area contributed by atoms with E-state index in [9.17, 15) is 9.59 Å². The molecule has 0 aromatic carbocycles. The molecule has 0 saturated heterocycles.